The first-order valence-electron chi connectivity index (χ1n) is 14.3. The van der Waals surface area contributed by atoms with Crippen LogP contribution in [-0.2, 0) is 25.6 Å². The van der Waals surface area contributed by atoms with E-state index in [1.807, 2.05) is 30.5 Å². The van der Waals surface area contributed by atoms with Crippen LogP contribution in [0.15, 0.2) is 35.5 Å². The van der Waals surface area contributed by atoms with Crippen LogP contribution in [0, 0.1) is 0 Å². The van der Waals surface area contributed by atoms with Crippen LogP contribution in [0.3, 0.4) is 0 Å². The molecule has 0 saturated heterocycles. The van der Waals surface area contributed by atoms with Crippen molar-refractivity contribution in [1.82, 2.24) is 20.9 Å². The predicted molar refractivity (Wildman–Crippen MR) is 169 cm³/mol. The number of thioether (sulfide) groups is 1. The van der Waals surface area contributed by atoms with Gasteiger partial charge in [-0.3, -0.25) is 19.4 Å². The van der Waals surface area contributed by atoms with Crippen molar-refractivity contribution < 1.29 is 24.3 Å². The number of aromatic amines is 1. The van der Waals surface area contributed by atoms with Crippen molar-refractivity contribution in [2.24, 2.45) is 27.9 Å². The Balaban J connectivity index is 2.16. The Morgan fingerprint density at radius 1 is 0.930 bits per heavy atom. The summed E-state index contributed by atoms with van der Waals surface area (Å²) in [5.74, 6) is -2.54. The Labute approximate surface area is 255 Å². The van der Waals surface area contributed by atoms with Gasteiger partial charge >= 0.3 is 5.97 Å². The van der Waals surface area contributed by atoms with Gasteiger partial charge in [0.05, 0.1) is 6.04 Å². The Kier molecular flexibility index (Phi) is 15.4. The minimum atomic E-state index is -1.18. The zero-order valence-electron chi connectivity index (χ0n) is 24.5. The molecule has 0 radical (unpaired) electrons. The van der Waals surface area contributed by atoms with Gasteiger partial charge in [0.1, 0.15) is 18.1 Å². The van der Waals surface area contributed by atoms with Crippen molar-refractivity contribution in [3.8, 4) is 0 Å². The quantitative estimate of drug-likeness (QED) is 0.0522. The molecule has 43 heavy (non-hydrogen) atoms. The fourth-order valence-electron chi connectivity index (χ4n) is 4.48. The third-order valence-electron chi connectivity index (χ3n) is 6.83. The maximum atomic E-state index is 13.5. The van der Waals surface area contributed by atoms with Crippen LogP contribution >= 0.6 is 11.8 Å². The highest BCUT2D eigenvalue weighted by Gasteiger charge is 2.30. The standard InChI is InChI=1S/C28H45N9O5S/c1-43-14-11-23(27(41)42)37-26(40)22(10-6-13-33-28(31)32)36-25(39)21(9-4-5-12-29)35-24(38)19(30)15-17-16-34-20-8-3-2-7-18(17)20/h2-3,7-8,16,19,21-23,34H,4-6,9-15,29-30H2,1H3,(H,35,38)(H,36,39)(H,37,40)(H,41,42)(H4,31,32,33). The summed E-state index contributed by atoms with van der Waals surface area (Å²) < 4.78 is 0. The van der Waals surface area contributed by atoms with Crippen molar-refractivity contribution >= 4 is 52.3 Å². The van der Waals surface area contributed by atoms with Crippen LogP contribution in [0.2, 0.25) is 0 Å². The molecule has 0 aliphatic heterocycles. The molecule has 13 N–H and O–H groups in total. The summed E-state index contributed by atoms with van der Waals surface area (Å²) in [6.45, 7) is 0.612. The number of amides is 3. The highest BCUT2D eigenvalue weighted by molar-refractivity contribution is 7.98. The maximum absolute atomic E-state index is 13.5. The average molecular weight is 620 g/mol. The lowest BCUT2D eigenvalue weighted by Gasteiger charge is -2.25. The second-order valence-corrected chi connectivity index (χ2v) is 11.2. The van der Waals surface area contributed by atoms with E-state index >= 15 is 0 Å². The molecule has 2 aromatic rings. The van der Waals surface area contributed by atoms with E-state index in [0.717, 1.165) is 16.5 Å². The van der Waals surface area contributed by atoms with Gasteiger partial charge in [0.2, 0.25) is 17.7 Å². The first-order valence-corrected chi connectivity index (χ1v) is 15.7. The minimum Gasteiger partial charge on any atom is -0.480 e. The Morgan fingerprint density at radius 2 is 1.56 bits per heavy atom. The molecule has 0 bridgehead atoms. The highest BCUT2D eigenvalue weighted by Crippen LogP contribution is 2.19. The second-order valence-electron chi connectivity index (χ2n) is 10.2. The number of nitrogens with two attached hydrogens (primary N) is 4. The van der Waals surface area contributed by atoms with Crippen LogP contribution < -0.4 is 38.9 Å². The molecule has 3 amide bonds. The fourth-order valence-corrected chi connectivity index (χ4v) is 4.95. The number of carbonyl (C=O) groups is 4. The highest BCUT2D eigenvalue weighted by atomic mass is 32.2. The number of para-hydroxylation sites is 1. The number of hydrogen-bond donors (Lipinski definition) is 9. The van der Waals surface area contributed by atoms with Gasteiger partial charge < -0.3 is 49.0 Å². The van der Waals surface area contributed by atoms with E-state index in [4.69, 9.17) is 22.9 Å². The maximum Gasteiger partial charge on any atom is 0.326 e. The van der Waals surface area contributed by atoms with Crippen LogP contribution in [0.4, 0.5) is 0 Å². The smallest absolute Gasteiger partial charge is 0.326 e. The third-order valence-corrected chi connectivity index (χ3v) is 7.48. The normalized spacial score (nSPS) is 13.8. The number of aliphatic carboxylic acids is 1. The van der Waals surface area contributed by atoms with Crippen molar-refractivity contribution in [3.63, 3.8) is 0 Å². The summed E-state index contributed by atoms with van der Waals surface area (Å²) in [4.78, 5) is 58.5. The number of guanidine groups is 1. The molecule has 1 aromatic carbocycles. The van der Waals surface area contributed by atoms with Crippen molar-refractivity contribution in [3.05, 3.63) is 36.0 Å². The summed E-state index contributed by atoms with van der Waals surface area (Å²) in [5.41, 5.74) is 24.4. The second kappa shape index (κ2) is 18.7. The molecule has 4 atom stereocenters. The molecule has 15 heteroatoms. The number of hydrogen-bond acceptors (Lipinski definition) is 8. The Hall–Kier alpha value is -3.82. The molecule has 0 aliphatic carbocycles. The number of aromatic nitrogens is 1. The van der Waals surface area contributed by atoms with E-state index < -0.39 is 47.9 Å². The number of H-pyrrole nitrogens is 1. The number of rotatable bonds is 20. The lowest BCUT2D eigenvalue weighted by molar-refractivity contribution is -0.142. The molecule has 4 unspecified atom stereocenters. The zero-order chi connectivity index (χ0) is 31.8. The number of unbranched alkanes of at least 4 members (excludes halogenated alkanes) is 1. The molecule has 0 saturated carbocycles. The topological polar surface area (TPSA) is 257 Å². The number of carbonyl (C=O) groups excluding carboxylic acids is 3. The SMILES string of the molecule is CSCCC(NC(=O)C(CCCN=C(N)N)NC(=O)C(CCCCN)NC(=O)C(N)Cc1c[nH]c2ccccc12)C(=O)O. The molecular weight excluding hydrogens is 574 g/mol. The molecule has 0 aliphatic rings. The predicted octanol–water partition coefficient (Wildman–Crippen LogP) is -0.488. The van der Waals surface area contributed by atoms with E-state index in [1.54, 1.807) is 6.20 Å². The Bertz CT molecular complexity index is 1230. The summed E-state index contributed by atoms with van der Waals surface area (Å²) in [6.07, 6.45) is 5.99. The molecular formula is C28H45N9O5S. The first-order chi connectivity index (χ1) is 20.6. The van der Waals surface area contributed by atoms with E-state index in [-0.39, 0.29) is 38.2 Å². The molecule has 2 rings (SSSR count). The number of fused-ring (bicyclic) bond motifs is 1. The van der Waals surface area contributed by atoms with Gasteiger partial charge in [0, 0.05) is 23.6 Å². The van der Waals surface area contributed by atoms with E-state index in [0.29, 0.717) is 31.6 Å². The van der Waals surface area contributed by atoms with Crippen molar-refractivity contribution in [1.29, 1.82) is 0 Å². The number of carboxylic acids is 1. The molecule has 1 heterocycles. The molecule has 238 valence electrons. The summed E-state index contributed by atoms with van der Waals surface area (Å²) in [6, 6.07) is 3.51. The van der Waals surface area contributed by atoms with Gasteiger partial charge in [0.25, 0.3) is 0 Å². The minimum absolute atomic E-state index is 0.111. The van der Waals surface area contributed by atoms with Crippen LogP contribution in [0.25, 0.3) is 10.9 Å². The van der Waals surface area contributed by atoms with Crippen LogP contribution in [0.5, 0.6) is 0 Å². The Morgan fingerprint density at radius 3 is 2.19 bits per heavy atom. The van der Waals surface area contributed by atoms with Gasteiger partial charge in [-0.25, -0.2) is 4.79 Å². The van der Waals surface area contributed by atoms with Gasteiger partial charge in [-0.15, -0.1) is 0 Å². The zero-order valence-corrected chi connectivity index (χ0v) is 25.3. The molecule has 0 spiro atoms. The van der Waals surface area contributed by atoms with Gasteiger partial charge in [-0.1, -0.05) is 18.2 Å². The van der Waals surface area contributed by atoms with Crippen molar-refractivity contribution in [2.75, 3.05) is 25.1 Å². The summed E-state index contributed by atoms with van der Waals surface area (Å²) >= 11 is 1.45. The third kappa shape index (κ3) is 12.1. The van der Waals surface area contributed by atoms with E-state index in [1.165, 1.54) is 11.8 Å². The molecule has 0 fully saturated rings. The largest absolute Gasteiger partial charge is 0.480 e. The van der Waals surface area contributed by atoms with Crippen molar-refractivity contribution in [2.45, 2.75) is 69.1 Å². The van der Waals surface area contributed by atoms with E-state index in [2.05, 4.69) is 25.9 Å². The monoisotopic (exact) mass is 619 g/mol. The number of aliphatic imine (C=N–C) groups is 1. The van der Waals surface area contributed by atoms with E-state index in [9.17, 15) is 24.3 Å². The summed E-state index contributed by atoms with van der Waals surface area (Å²) in [5, 5.41) is 18.5. The molecule has 1 aromatic heterocycles. The van der Waals surface area contributed by atoms with Gasteiger partial charge in [-0.2, -0.15) is 11.8 Å². The number of benzene rings is 1. The van der Waals surface area contributed by atoms with Gasteiger partial charge in [0.15, 0.2) is 5.96 Å². The number of carboxylic acid groups (broad SMARTS) is 1. The lowest BCUT2D eigenvalue weighted by atomic mass is 10.0. The first kappa shape index (κ1) is 35.4. The average Bonchev–Trinajstić information content (AvgIpc) is 3.38. The summed E-state index contributed by atoms with van der Waals surface area (Å²) in [7, 11) is 0. The fraction of sp³-hybridized carbons (Fsp3) is 0.536. The van der Waals surface area contributed by atoms with Crippen LogP contribution in [-0.4, -0.2) is 89.0 Å². The van der Waals surface area contributed by atoms with Gasteiger partial charge in [-0.05, 0) is 75.1 Å². The van der Waals surface area contributed by atoms with Crippen LogP contribution in [0.1, 0.15) is 44.1 Å². The molecule has 14 nitrogen and oxygen atoms in total. The lowest BCUT2D eigenvalue weighted by Crippen LogP contribution is -2.57. The number of nitrogens with zero attached hydrogens (tertiary/aromatic N) is 1. The number of nitrogens with one attached hydrogen (secondary N) is 4.